The summed E-state index contributed by atoms with van der Waals surface area (Å²) in [7, 11) is 0. The van der Waals surface area contributed by atoms with Gasteiger partial charge < -0.3 is 14.4 Å². The van der Waals surface area contributed by atoms with E-state index in [-0.39, 0.29) is 85.1 Å². The first-order chi connectivity index (χ1) is 3.00. The Bertz CT molecular complexity index is 26.5. The molecule has 0 rings (SSSR count). The number of hydrogen-bond donors (Lipinski definition) is 0. The second-order valence-electron chi connectivity index (χ2n) is 0. The van der Waals surface area contributed by atoms with E-state index in [9.17, 15) is 0 Å². The molecule has 3 radical (unpaired) electrons. The van der Waals surface area contributed by atoms with Crippen molar-refractivity contribution in [2.45, 2.75) is 0 Å². The molecule has 0 unspecified atom stereocenters. The maximum absolute atomic E-state index is 8.00. The molecule has 63 valence electrons. The fraction of sp³-hybridized carbons (Fsp3) is 0. The van der Waals surface area contributed by atoms with Crippen molar-refractivity contribution in [2.24, 2.45) is 0 Å². The summed E-state index contributed by atoms with van der Waals surface area (Å²) in [5.74, 6) is 0. The summed E-state index contributed by atoms with van der Waals surface area (Å²) in [4.78, 5) is 24.0. The predicted molar refractivity (Wildman–Crippen MR) is 32.9 cm³/mol. The molecule has 0 aliphatic rings. The zero-order valence-electron chi connectivity index (χ0n) is 5.50. The molecule has 0 aromatic carbocycles. The van der Waals surface area contributed by atoms with Gasteiger partial charge in [0.25, 0.3) is 0 Å². The molecule has 0 saturated heterocycles. The Morgan fingerprint density at radius 2 is 0.455 bits per heavy atom. The molecule has 0 spiro atoms. The molecule has 11 heavy (non-hydrogen) atoms. The second kappa shape index (κ2) is 512. The standard InChI is InChI=1S/3CH2O.2Al.3Co/c3*1-2;;;;;/h3*1H2;;;;;/q;;;2*+3;;;. The Morgan fingerprint density at radius 1 is 0.455 bits per heavy atom. The molecule has 0 bridgehead atoms. The molecule has 0 amide bonds. The fourth-order valence-corrected chi connectivity index (χ4v) is 0. The van der Waals surface area contributed by atoms with E-state index in [0.717, 1.165) is 0 Å². The zero-order valence-corrected chi connectivity index (χ0v) is 10.9. The predicted octanol–water partition coefficient (Wildman–Crippen LogP) is -1.32. The fourth-order valence-electron chi connectivity index (χ4n) is 0. The van der Waals surface area contributed by atoms with Crippen LogP contribution >= 0.6 is 0 Å². The largest absolute Gasteiger partial charge is 3.00 e. The molecule has 0 aromatic rings. The van der Waals surface area contributed by atoms with Crippen molar-refractivity contribution < 1.29 is 64.7 Å². The van der Waals surface area contributed by atoms with Crippen LogP contribution in [-0.4, -0.2) is 55.1 Å². The second-order valence-corrected chi connectivity index (χ2v) is 0. The van der Waals surface area contributed by atoms with Crippen LogP contribution in [0.1, 0.15) is 0 Å². The maximum atomic E-state index is 8.00. The Balaban J connectivity index is -0.00000000167. The van der Waals surface area contributed by atoms with Crippen LogP contribution in [-0.2, 0) is 64.7 Å². The summed E-state index contributed by atoms with van der Waals surface area (Å²) in [5, 5.41) is 0. The van der Waals surface area contributed by atoms with E-state index in [4.69, 9.17) is 14.4 Å². The van der Waals surface area contributed by atoms with Crippen molar-refractivity contribution in [3.63, 3.8) is 0 Å². The van der Waals surface area contributed by atoms with Crippen LogP contribution in [0.5, 0.6) is 0 Å². The summed E-state index contributed by atoms with van der Waals surface area (Å²) in [6.45, 7) is 6.00. The van der Waals surface area contributed by atoms with Gasteiger partial charge >= 0.3 is 34.7 Å². The molecule has 0 atom stereocenters. The molecule has 0 N–H and O–H groups in total. The number of hydrogen-bond acceptors (Lipinski definition) is 3. The van der Waals surface area contributed by atoms with Gasteiger partial charge in [-0.2, -0.15) is 0 Å². The quantitative estimate of drug-likeness (QED) is 0.520. The molecular formula is C3H6Al2Co3O3+6. The average molecular weight is 321 g/mol. The van der Waals surface area contributed by atoms with Crippen molar-refractivity contribution in [1.29, 1.82) is 0 Å². The Labute approximate surface area is 119 Å². The van der Waals surface area contributed by atoms with Crippen LogP contribution in [0.3, 0.4) is 0 Å². The minimum Gasteiger partial charge on any atom is -0.307 e. The third-order valence-electron chi connectivity index (χ3n) is 0. The normalized spacial score (nSPS) is 1.09. The summed E-state index contributed by atoms with van der Waals surface area (Å²) in [5.41, 5.74) is 0. The van der Waals surface area contributed by atoms with Crippen LogP contribution < -0.4 is 0 Å². The maximum Gasteiger partial charge on any atom is 3.00 e. The van der Waals surface area contributed by atoms with Crippen molar-refractivity contribution in [1.82, 2.24) is 0 Å². The van der Waals surface area contributed by atoms with Crippen molar-refractivity contribution >= 4 is 55.1 Å². The van der Waals surface area contributed by atoms with Crippen LogP contribution in [0.15, 0.2) is 0 Å². The van der Waals surface area contributed by atoms with Gasteiger partial charge in [-0.25, -0.2) is 0 Å². The molecule has 0 aromatic heterocycles. The zero-order chi connectivity index (χ0) is 6.00. The van der Waals surface area contributed by atoms with E-state index < -0.39 is 0 Å². The van der Waals surface area contributed by atoms with Crippen molar-refractivity contribution in [2.75, 3.05) is 0 Å². The summed E-state index contributed by atoms with van der Waals surface area (Å²) >= 11 is 0. The van der Waals surface area contributed by atoms with Gasteiger partial charge in [0, 0.05) is 50.3 Å². The molecule has 0 aliphatic heterocycles. The van der Waals surface area contributed by atoms with Gasteiger partial charge in [-0.3, -0.25) is 0 Å². The Hall–Kier alpha value is 1.59. The Kier molecular flexibility index (Phi) is 3730. The first-order valence-electron chi connectivity index (χ1n) is 0.866. The van der Waals surface area contributed by atoms with Gasteiger partial charge in [-0.05, 0) is 0 Å². The summed E-state index contributed by atoms with van der Waals surface area (Å²) < 4.78 is 0. The van der Waals surface area contributed by atoms with Gasteiger partial charge in [0.2, 0.25) is 0 Å². The third kappa shape index (κ3) is 420. The van der Waals surface area contributed by atoms with E-state index in [2.05, 4.69) is 0 Å². The van der Waals surface area contributed by atoms with Crippen LogP contribution in [0, 0.1) is 0 Å². The van der Waals surface area contributed by atoms with Crippen molar-refractivity contribution in [3.8, 4) is 0 Å². The molecule has 0 aliphatic carbocycles. The number of rotatable bonds is 0. The Morgan fingerprint density at radius 3 is 0.455 bits per heavy atom. The number of carbonyl (C=O) groups is 3. The van der Waals surface area contributed by atoms with Gasteiger partial charge in [-0.15, -0.1) is 0 Å². The molecule has 0 heterocycles. The smallest absolute Gasteiger partial charge is 0.307 e. The third-order valence-corrected chi connectivity index (χ3v) is 0. The molecule has 0 saturated carbocycles. The first kappa shape index (κ1) is 80.2. The van der Waals surface area contributed by atoms with E-state index in [1.807, 2.05) is 20.4 Å². The van der Waals surface area contributed by atoms with Crippen LogP contribution in [0.4, 0.5) is 0 Å². The average Bonchev–Trinajstić information content (AvgIpc) is 1.81. The van der Waals surface area contributed by atoms with Gasteiger partial charge in [0.15, 0.2) is 0 Å². The van der Waals surface area contributed by atoms with E-state index in [0.29, 0.717) is 0 Å². The van der Waals surface area contributed by atoms with Gasteiger partial charge in [0.1, 0.15) is 20.4 Å². The summed E-state index contributed by atoms with van der Waals surface area (Å²) in [6, 6.07) is 0. The van der Waals surface area contributed by atoms with Crippen LogP contribution in [0.25, 0.3) is 0 Å². The van der Waals surface area contributed by atoms with E-state index >= 15 is 0 Å². The number of carbonyl (C=O) groups excluding carboxylic acids is 3. The van der Waals surface area contributed by atoms with Crippen LogP contribution in [0.2, 0.25) is 0 Å². The van der Waals surface area contributed by atoms with Crippen molar-refractivity contribution in [3.05, 3.63) is 0 Å². The monoisotopic (exact) mass is 321 g/mol. The van der Waals surface area contributed by atoms with E-state index in [1.54, 1.807) is 0 Å². The molecular weight excluding hydrogens is 315 g/mol. The van der Waals surface area contributed by atoms with Gasteiger partial charge in [-0.1, -0.05) is 0 Å². The van der Waals surface area contributed by atoms with Gasteiger partial charge in [0.05, 0.1) is 0 Å². The van der Waals surface area contributed by atoms with E-state index in [1.165, 1.54) is 0 Å². The SMILES string of the molecule is C=O.C=O.C=O.[Al+3].[Al+3].[Co].[Co].[Co]. The molecule has 0 fully saturated rings. The first-order valence-corrected chi connectivity index (χ1v) is 0.866. The minimum atomic E-state index is 0. The molecule has 3 nitrogen and oxygen atoms in total. The summed E-state index contributed by atoms with van der Waals surface area (Å²) in [6.07, 6.45) is 0. The minimum absolute atomic E-state index is 0. The molecule has 8 heteroatoms. The topological polar surface area (TPSA) is 51.2 Å².